The summed E-state index contributed by atoms with van der Waals surface area (Å²) >= 11 is 0. The van der Waals surface area contributed by atoms with Gasteiger partial charge >= 0.3 is 0 Å². The molecule has 2 nitrogen and oxygen atoms in total. The van der Waals surface area contributed by atoms with E-state index >= 15 is 0 Å². The van der Waals surface area contributed by atoms with Crippen molar-refractivity contribution < 1.29 is 0 Å². The topological polar surface area (TPSA) is 47.6 Å². The van der Waals surface area contributed by atoms with Crippen molar-refractivity contribution >= 4 is 0 Å². The quantitative estimate of drug-likeness (QED) is 0.836. The standard InChI is InChI=1S/C19H18N2/c1-13-7-14(2)19(15(3)8-13)18(12-21)10-16-5-4-6-17(9-16)11-20/h4-9,18H,10H2,1-3H3. The van der Waals surface area contributed by atoms with Crippen LogP contribution in [0.1, 0.15) is 39.3 Å². The highest BCUT2D eigenvalue weighted by atomic mass is 14.3. The minimum Gasteiger partial charge on any atom is -0.198 e. The second-order valence-electron chi connectivity index (χ2n) is 5.51. The third-order valence-electron chi connectivity index (χ3n) is 3.74. The average molecular weight is 274 g/mol. The van der Waals surface area contributed by atoms with E-state index in [2.05, 4.69) is 45.0 Å². The lowest BCUT2D eigenvalue weighted by atomic mass is 9.86. The zero-order valence-electron chi connectivity index (χ0n) is 12.6. The number of nitrogens with zero attached hydrogens (tertiary/aromatic N) is 2. The molecule has 0 N–H and O–H groups in total. The first kappa shape index (κ1) is 14.8. The van der Waals surface area contributed by atoms with Gasteiger partial charge in [-0.3, -0.25) is 0 Å². The molecule has 0 bridgehead atoms. The van der Waals surface area contributed by atoms with Crippen molar-refractivity contribution in [3.63, 3.8) is 0 Å². The van der Waals surface area contributed by atoms with Crippen molar-refractivity contribution in [3.05, 3.63) is 69.8 Å². The van der Waals surface area contributed by atoms with E-state index in [-0.39, 0.29) is 5.92 Å². The summed E-state index contributed by atoms with van der Waals surface area (Å²) in [7, 11) is 0. The number of aryl methyl sites for hydroxylation is 3. The molecule has 2 heteroatoms. The van der Waals surface area contributed by atoms with Crippen LogP contribution in [0.4, 0.5) is 0 Å². The molecule has 21 heavy (non-hydrogen) atoms. The van der Waals surface area contributed by atoms with Gasteiger partial charge in [0.25, 0.3) is 0 Å². The average Bonchev–Trinajstić information content (AvgIpc) is 2.45. The molecule has 0 fully saturated rings. The zero-order valence-corrected chi connectivity index (χ0v) is 12.6. The Morgan fingerprint density at radius 1 is 1.00 bits per heavy atom. The van der Waals surface area contributed by atoms with Crippen LogP contribution in [-0.2, 0) is 6.42 Å². The van der Waals surface area contributed by atoms with Crippen LogP contribution in [0, 0.1) is 43.4 Å². The minimum atomic E-state index is -0.181. The zero-order chi connectivity index (χ0) is 15.4. The Morgan fingerprint density at radius 3 is 2.24 bits per heavy atom. The largest absolute Gasteiger partial charge is 0.198 e. The predicted octanol–water partition coefficient (Wildman–Crippen LogP) is 4.33. The molecule has 0 saturated heterocycles. The van der Waals surface area contributed by atoms with Crippen molar-refractivity contribution in [1.82, 2.24) is 0 Å². The lowest BCUT2D eigenvalue weighted by molar-refractivity contribution is 0.832. The van der Waals surface area contributed by atoms with Crippen LogP contribution >= 0.6 is 0 Å². The highest BCUT2D eigenvalue weighted by Crippen LogP contribution is 2.28. The van der Waals surface area contributed by atoms with Crippen molar-refractivity contribution in [2.45, 2.75) is 33.1 Å². The van der Waals surface area contributed by atoms with Gasteiger partial charge in [-0.15, -0.1) is 0 Å². The minimum absolute atomic E-state index is 0.181. The number of hydrogen-bond donors (Lipinski definition) is 0. The molecule has 0 aliphatic carbocycles. The fourth-order valence-electron chi connectivity index (χ4n) is 2.96. The Morgan fingerprint density at radius 2 is 1.67 bits per heavy atom. The molecule has 0 heterocycles. The Bertz CT molecular complexity index is 722. The van der Waals surface area contributed by atoms with Crippen molar-refractivity contribution in [3.8, 4) is 12.1 Å². The van der Waals surface area contributed by atoms with Crippen LogP contribution in [0.25, 0.3) is 0 Å². The second kappa shape index (κ2) is 6.25. The SMILES string of the molecule is Cc1cc(C)c(C(C#N)Cc2cccc(C#N)c2)c(C)c1. The monoisotopic (exact) mass is 274 g/mol. The summed E-state index contributed by atoms with van der Waals surface area (Å²) in [6.45, 7) is 6.19. The Labute approximate surface area is 126 Å². The van der Waals surface area contributed by atoms with Gasteiger partial charge in [0.05, 0.1) is 23.6 Å². The van der Waals surface area contributed by atoms with Crippen LogP contribution in [0.5, 0.6) is 0 Å². The maximum absolute atomic E-state index is 9.57. The maximum atomic E-state index is 9.57. The molecule has 0 aromatic heterocycles. The Hall–Kier alpha value is -2.58. The number of benzene rings is 2. The number of rotatable bonds is 3. The summed E-state index contributed by atoms with van der Waals surface area (Å²) < 4.78 is 0. The van der Waals surface area contributed by atoms with Crippen molar-refractivity contribution in [2.75, 3.05) is 0 Å². The third kappa shape index (κ3) is 3.30. The van der Waals surface area contributed by atoms with E-state index in [1.165, 1.54) is 5.56 Å². The summed E-state index contributed by atoms with van der Waals surface area (Å²) in [4.78, 5) is 0. The lowest BCUT2D eigenvalue weighted by Crippen LogP contribution is -2.06. The normalized spacial score (nSPS) is 11.5. The van der Waals surface area contributed by atoms with Gasteiger partial charge in [-0.25, -0.2) is 0 Å². The molecule has 0 aliphatic heterocycles. The molecule has 0 spiro atoms. The lowest BCUT2D eigenvalue weighted by Gasteiger charge is -2.16. The summed E-state index contributed by atoms with van der Waals surface area (Å²) in [6.07, 6.45) is 0.636. The van der Waals surface area contributed by atoms with E-state index in [1.807, 2.05) is 18.2 Å². The molecular weight excluding hydrogens is 256 g/mol. The van der Waals surface area contributed by atoms with Crippen LogP contribution < -0.4 is 0 Å². The van der Waals surface area contributed by atoms with E-state index < -0.39 is 0 Å². The number of hydrogen-bond acceptors (Lipinski definition) is 2. The van der Waals surface area contributed by atoms with E-state index in [1.54, 1.807) is 6.07 Å². The van der Waals surface area contributed by atoms with Gasteiger partial charge in [0.1, 0.15) is 0 Å². The van der Waals surface area contributed by atoms with E-state index in [0.29, 0.717) is 12.0 Å². The van der Waals surface area contributed by atoms with Crippen LogP contribution in [0.3, 0.4) is 0 Å². The van der Waals surface area contributed by atoms with Crippen LogP contribution in [0.15, 0.2) is 36.4 Å². The van der Waals surface area contributed by atoms with Gasteiger partial charge in [-0.2, -0.15) is 10.5 Å². The van der Waals surface area contributed by atoms with Crippen LogP contribution in [-0.4, -0.2) is 0 Å². The molecule has 2 aromatic carbocycles. The second-order valence-corrected chi connectivity index (χ2v) is 5.51. The maximum Gasteiger partial charge on any atom is 0.0991 e. The van der Waals surface area contributed by atoms with Gasteiger partial charge in [0.2, 0.25) is 0 Å². The Balaban J connectivity index is 2.38. The molecule has 2 rings (SSSR count). The molecule has 1 unspecified atom stereocenters. The molecule has 2 aromatic rings. The first-order chi connectivity index (χ1) is 10.0. The Kier molecular flexibility index (Phi) is 4.41. The fourth-order valence-corrected chi connectivity index (χ4v) is 2.96. The first-order valence-electron chi connectivity index (χ1n) is 7.01. The summed E-state index contributed by atoms with van der Waals surface area (Å²) in [5.41, 5.74) is 6.33. The third-order valence-corrected chi connectivity index (χ3v) is 3.74. The van der Waals surface area contributed by atoms with Gasteiger partial charge in [-0.05, 0) is 61.6 Å². The predicted molar refractivity (Wildman–Crippen MR) is 83.9 cm³/mol. The molecule has 104 valence electrons. The van der Waals surface area contributed by atoms with Gasteiger partial charge < -0.3 is 0 Å². The molecule has 1 atom stereocenters. The summed E-state index contributed by atoms with van der Waals surface area (Å²) in [5.74, 6) is -0.181. The molecular formula is C19H18N2. The van der Waals surface area contributed by atoms with E-state index in [0.717, 1.165) is 22.3 Å². The fraction of sp³-hybridized carbons (Fsp3) is 0.263. The van der Waals surface area contributed by atoms with E-state index in [9.17, 15) is 5.26 Å². The van der Waals surface area contributed by atoms with E-state index in [4.69, 9.17) is 5.26 Å². The number of nitriles is 2. The highest BCUT2D eigenvalue weighted by molar-refractivity contribution is 5.44. The van der Waals surface area contributed by atoms with Gasteiger partial charge in [-0.1, -0.05) is 29.8 Å². The molecule has 0 saturated carbocycles. The summed E-state index contributed by atoms with van der Waals surface area (Å²) in [6, 6.07) is 16.3. The smallest absolute Gasteiger partial charge is 0.0991 e. The highest BCUT2D eigenvalue weighted by Gasteiger charge is 2.17. The van der Waals surface area contributed by atoms with Crippen LogP contribution in [0.2, 0.25) is 0 Å². The van der Waals surface area contributed by atoms with Crippen molar-refractivity contribution in [1.29, 1.82) is 10.5 Å². The molecule has 0 radical (unpaired) electrons. The van der Waals surface area contributed by atoms with Gasteiger partial charge in [0, 0.05) is 0 Å². The van der Waals surface area contributed by atoms with Gasteiger partial charge in [0.15, 0.2) is 0 Å². The van der Waals surface area contributed by atoms with Crippen molar-refractivity contribution in [2.24, 2.45) is 0 Å². The molecule has 0 aliphatic rings. The molecule has 0 amide bonds. The summed E-state index contributed by atoms with van der Waals surface area (Å²) in [5, 5.41) is 18.5. The first-order valence-corrected chi connectivity index (χ1v) is 7.01.